The van der Waals surface area contributed by atoms with Crippen LogP contribution in [0.4, 0.5) is 4.39 Å². The molecule has 1 aliphatic heterocycles. The Morgan fingerprint density at radius 1 is 1.32 bits per heavy atom. The molecule has 1 aromatic heterocycles. The summed E-state index contributed by atoms with van der Waals surface area (Å²) in [6, 6.07) is 7.16. The van der Waals surface area contributed by atoms with Crippen LogP contribution in [-0.4, -0.2) is 22.3 Å². The first-order valence-electron chi connectivity index (χ1n) is 7.08. The summed E-state index contributed by atoms with van der Waals surface area (Å²) in [5.74, 6) is -0.254. The lowest BCUT2D eigenvalue weighted by atomic mass is 10.0. The largest absolute Gasteiger partial charge is 0.349 e. The van der Waals surface area contributed by atoms with Crippen molar-refractivity contribution in [2.45, 2.75) is 6.92 Å². The van der Waals surface area contributed by atoms with Crippen LogP contribution in [0.5, 0.6) is 0 Å². The van der Waals surface area contributed by atoms with Crippen LogP contribution in [0.2, 0.25) is 0 Å². The number of rotatable bonds is 3. The number of aryl methyl sites for hydroxylation is 2. The minimum Gasteiger partial charge on any atom is -0.349 e. The fourth-order valence-electron chi connectivity index (χ4n) is 2.66. The minimum atomic E-state index is -0.254. The molecular formula is C18H18FN3. The molecule has 4 heteroatoms. The molecule has 2 heterocycles. The zero-order valence-electron chi connectivity index (χ0n) is 12.8. The van der Waals surface area contributed by atoms with E-state index in [1.807, 2.05) is 36.9 Å². The Morgan fingerprint density at radius 2 is 2.09 bits per heavy atom. The van der Waals surface area contributed by atoms with Crippen LogP contribution in [0, 0.1) is 12.7 Å². The van der Waals surface area contributed by atoms with Crippen molar-refractivity contribution in [1.29, 1.82) is 0 Å². The summed E-state index contributed by atoms with van der Waals surface area (Å²) >= 11 is 0. The van der Waals surface area contributed by atoms with Crippen LogP contribution in [0.3, 0.4) is 0 Å². The standard InChI is InChI=1S/C18H18FN3/c1-12-5-6-16(17(19)9-12)13(2)11-22-14(3)18-15(10-20-22)7-8-21(18)4/h5-10H,2-3,11H2,1,4H3. The molecule has 0 bridgehead atoms. The minimum absolute atomic E-state index is 0.254. The van der Waals surface area contributed by atoms with Gasteiger partial charge < -0.3 is 4.57 Å². The first-order chi connectivity index (χ1) is 10.5. The van der Waals surface area contributed by atoms with Crippen molar-refractivity contribution in [3.8, 4) is 0 Å². The van der Waals surface area contributed by atoms with Gasteiger partial charge in [0, 0.05) is 24.4 Å². The maximum Gasteiger partial charge on any atom is 0.131 e. The molecule has 0 radical (unpaired) electrons. The van der Waals surface area contributed by atoms with Crippen LogP contribution in [0.1, 0.15) is 22.4 Å². The average molecular weight is 295 g/mol. The van der Waals surface area contributed by atoms with Crippen LogP contribution in [0.15, 0.2) is 48.7 Å². The second-order valence-corrected chi connectivity index (χ2v) is 5.57. The Morgan fingerprint density at radius 3 is 2.82 bits per heavy atom. The SMILES string of the molecule is C=C(CN1N=Cc2ccn(C)c2C1=C)c1ccc(C)cc1F. The van der Waals surface area contributed by atoms with Gasteiger partial charge >= 0.3 is 0 Å². The predicted octanol–water partition coefficient (Wildman–Crippen LogP) is 3.81. The summed E-state index contributed by atoms with van der Waals surface area (Å²) < 4.78 is 16.1. The van der Waals surface area contributed by atoms with Gasteiger partial charge in [0.1, 0.15) is 5.82 Å². The first kappa shape index (κ1) is 14.3. The van der Waals surface area contributed by atoms with Gasteiger partial charge in [0.25, 0.3) is 0 Å². The highest BCUT2D eigenvalue weighted by Crippen LogP contribution is 2.28. The Kier molecular flexibility index (Phi) is 3.45. The molecule has 22 heavy (non-hydrogen) atoms. The molecule has 1 aromatic carbocycles. The number of nitrogens with zero attached hydrogens (tertiary/aromatic N) is 3. The van der Waals surface area contributed by atoms with Gasteiger partial charge in [0.15, 0.2) is 0 Å². The van der Waals surface area contributed by atoms with E-state index in [-0.39, 0.29) is 5.82 Å². The first-order valence-corrected chi connectivity index (χ1v) is 7.08. The summed E-state index contributed by atoms with van der Waals surface area (Å²) in [4.78, 5) is 0. The molecule has 3 rings (SSSR count). The van der Waals surface area contributed by atoms with E-state index in [0.717, 1.165) is 22.5 Å². The Labute approximate surface area is 129 Å². The average Bonchev–Trinajstić information content (AvgIpc) is 2.84. The van der Waals surface area contributed by atoms with Gasteiger partial charge in [0.05, 0.1) is 24.2 Å². The molecule has 1 aliphatic rings. The summed E-state index contributed by atoms with van der Waals surface area (Å²) in [7, 11) is 1.97. The van der Waals surface area contributed by atoms with Crippen LogP contribution >= 0.6 is 0 Å². The smallest absolute Gasteiger partial charge is 0.131 e. The molecule has 0 saturated heterocycles. The number of hydrogen-bond donors (Lipinski definition) is 0. The highest BCUT2D eigenvalue weighted by atomic mass is 19.1. The second-order valence-electron chi connectivity index (χ2n) is 5.57. The third-order valence-corrected chi connectivity index (χ3v) is 3.87. The number of hydrogen-bond acceptors (Lipinski definition) is 2. The van der Waals surface area contributed by atoms with E-state index in [1.165, 1.54) is 6.07 Å². The maximum atomic E-state index is 14.1. The summed E-state index contributed by atoms with van der Waals surface area (Å²) in [5.41, 5.74) is 4.93. The van der Waals surface area contributed by atoms with Gasteiger partial charge in [-0.2, -0.15) is 5.10 Å². The molecule has 0 saturated carbocycles. The third-order valence-electron chi connectivity index (χ3n) is 3.87. The highest BCUT2D eigenvalue weighted by molar-refractivity contribution is 5.90. The molecule has 0 unspecified atom stereocenters. The lowest BCUT2D eigenvalue weighted by molar-refractivity contribution is 0.469. The zero-order chi connectivity index (χ0) is 15.9. The zero-order valence-corrected chi connectivity index (χ0v) is 12.8. The van der Waals surface area contributed by atoms with Crippen molar-refractivity contribution >= 4 is 17.5 Å². The summed E-state index contributed by atoms with van der Waals surface area (Å²) in [6.45, 7) is 10.4. The molecule has 0 N–H and O–H groups in total. The van der Waals surface area contributed by atoms with E-state index in [1.54, 1.807) is 17.3 Å². The normalized spacial score (nSPS) is 13.4. The van der Waals surface area contributed by atoms with Crippen molar-refractivity contribution in [3.63, 3.8) is 0 Å². The van der Waals surface area contributed by atoms with Gasteiger partial charge in [-0.25, -0.2) is 4.39 Å². The van der Waals surface area contributed by atoms with E-state index >= 15 is 0 Å². The van der Waals surface area contributed by atoms with E-state index in [9.17, 15) is 4.39 Å². The molecule has 3 nitrogen and oxygen atoms in total. The molecule has 0 spiro atoms. The fraction of sp³-hybridized carbons (Fsp3) is 0.167. The van der Waals surface area contributed by atoms with Crippen molar-refractivity contribution < 1.29 is 4.39 Å². The van der Waals surface area contributed by atoms with E-state index in [4.69, 9.17) is 0 Å². The van der Waals surface area contributed by atoms with Crippen LogP contribution in [0.25, 0.3) is 11.3 Å². The lowest BCUT2D eigenvalue weighted by Gasteiger charge is -2.26. The van der Waals surface area contributed by atoms with Crippen molar-refractivity contribution in [2.24, 2.45) is 12.1 Å². The van der Waals surface area contributed by atoms with Crippen molar-refractivity contribution in [3.05, 3.63) is 71.8 Å². The van der Waals surface area contributed by atoms with Crippen molar-refractivity contribution in [2.75, 3.05) is 6.54 Å². The number of aromatic nitrogens is 1. The van der Waals surface area contributed by atoms with Crippen LogP contribution in [-0.2, 0) is 7.05 Å². The fourth-order valence-corrected chi connectivity index (χ4v) is 2.66. The van der Waals surface area contributed by atoms with Gasteiger partial charge in [-0.3, -0.25) is 5.01 Å². The molecule has 0 amide bonds. The highest BCUT2D eigenvalue weighted by Gasteiger charge is 2.20. The lowest BCUT2D eigenvalue weighted by Crippen LogP contribution is -2.23. The van der Waals surface area contributed by atoms with Crippen molar-refractivity contribution in [1.82, 2.24) is 9.58 Å². The number of halogens is 1. The Balaban J connectivity index is 1.83. The topological polar surface area (TPSA) is 20.5 Å². The quantitative estimate of drug-likeness (QED) is 0.843. The maximum absolute atomic E-state index is 14.1. The van der Waals surface area contributed by atoms with Gasteiger partial charge in [-0.05, 0) is 30.2 Å². The molecular weight excluding hydrogens is 277 g/mol. The van der Waals surface area contributed by atoms with E-state index in [0.29, 0.717) is 17.7 Å². The predicted molar refractivity (Wildman–Crippen MR) is 88.9 cm³/mol. The summed E-state index contributed by atoms with van der Waals surface area (Å²) in [5, 5.41) is 6.14. The molecule has 0 atom stereocenters. The van der Waals surface area contributed by atoms with Gasteiger partial charge in [-0.1, -0.05) is 25.3 Å². The number of fused-ring (bicyclic) bond motifs is 1. The molecule has 0 fully saturated rings. The second kappa shape index (κ2) is 5.30. The van der Waals surface area contributed by atoms with Gasteiger partial charge in [0.2, 0.25) is 0 Å². The molecule has 112 valence electrons. The Bertz CT molecular complexity index is 799. The third kappa shape index (κ3) is 2.37. The number of hydrazone groups is 1. The van der Waals surface area contributed by atoms with E-state index in [2.05, 4.69) is 18.3 Å². The van der Waals surface area contributed by atoms with Crippen LogP contribution < -0.4 is 0 Å². The molecule has 0 aliphatic carbocycles. The number of benzene rings is 1. The summed E-state index contributed by atoms with van der Waals surface area (Å²) in [6.07, 6.45) is 3.77. The monoisotopic (exact) mass is 295 g/mol. The van der Waals surface area contributed by atoms with E-state index < -0.39 is 0 Å². The Hall–Kier alpha value is -2.62. The molecule has 2 aromatic rings. The van der Waals surface area contributed by atoms with Gasteiger partial charge in [-0.15, -0.1) is 0 Å².